The maximum absolute atomic E-state index is 13.4. The SMILES string of the molecule is O=C(c1ccccc1)N1CC[C@]2(O)CCCC[C@@H]2[C@@H]1c1ccc2c(c1)OCO2. The van der Waals surface area contributed by atoms with Crippen LogP contribution in [0.4, 0.5) is 0 Å². The zero-order valence-corrected chi connectivity index (χ0v) is 15.8. The van der Waals surface area contributed by atoms with Gasteiger partial charge in [-0.05, 0) is 49.1 Å². The molecule has 0 spiro atoms. The number of carbonyl (C=O) groups excluding carboxylic acids is 1. The molecule has 1 saturated carbocycles. The van der Waals surface area contributed by atoms with E-state index in [9.17, 15) is 9.90 Å². The second-order valence-electron chi connectivity index (χ2n) is 8.13. The van der Waals surface area contributed by atoms with Gasteiger partial charge in [-0.3, -0.25) is 4.79 Å². The first-order valence-electron chi connectivity index (χ1n) is 10.1. The highest BCUT2D eigenvalue weighted by atomic mass is 16.7. The normalized spacial score (nSPS) is 28.7. The van der Waals surface area contributed by atoms with Gasteiger partial charge in [0.15, 0.2) is 11.5 Å². The van der Waals surface area contributed by atoms with Gasteiger partial charge in [0.1, 0.15) is 0 Å². The summed E-state index contributed by atoms with van der Waals surface area (Å²) < 4.78 is 11.0. The van der Waals surface area contributed by atoms with Crippen molar-refractivity contribution in [1.82, 2.24) is 4.90 Å². The summed E-state index contributed by atoms with van der Waals surface area (Å²) >= 11 is 0. The molecule has 28 heavy (non-hydrogen) atoms. The quantitative estimate of drug-likeness (QED) is 0.859. The second kappa shape index (κ2) is 6.82. The standard InChI is InChI=1S/C23H25NO4/c25-22(16-6-2-1-3-7-16)24-13-12-23(26)11-5-4-8-18(23)21(24)17-9-10-19-20(14-17)28-15-27-19/h1-3,6-7,9-10,14,18,21,26H,4-5,8,11-13,15H2/t18-,21+,23-/m1/s1. The minimum atomic E-state index is -0.702. The fraction of sp³-hybridized carbons (Fsp3) is 0.435. The van der Waals surface area contributed by atoms with Crippen LogP contribution >= 0.6 is 0 Å². The first-order chi connectivity index (χ1) is 13.7. The largest absolute Gasteiger partial charge is 0.454 e. The lowest BCUT2D eigenvalue weighted by Crippen LogP contribution is -2.56. The predicted molar refractivity (Wildman–Crippen MR) is 104 cm³/mol. The molecule has 5 nitrogen and oxygen atoms in total. The average molecular weight is 379 g/mol. The van der Waals surface area contributed by atoms with Crippen molar-refractivity contribution in [2.45, 2.75) is 43.7 Å². The fourth-order valence-electron chi connectivity index (χ4n) is 5.17. The topological polar surface area (TPSA) is 59.0 Å². The summed E-state index contributed by atoms with van der Waals surface area (Å²) in [5.74, 6) is 1.51. The monoisotopic (exact) mass is 379 g/mol. The van der Waals surface area contributed by atoms with E-state index >= 15 is 0 Å². The average Bonchev–Trinajstić information content (AvgIpc) is 3.20. The van der Waals surface area contributed by atoms with Crippen LogP contribution in [-0.4, -0.2) is 34.9 Å². The molecule has 2 heterocycles. The van der Waals surface area contributed by atoms with Crippen molar-refractivity contribution in [2.24, 2.45) is 5.92 Å². The van der Waals surface area contributed by atoms with Crippen LogP contribution in [0, 0.1) is 5.92 Å². The molecule has 5 rings (SSSR count). The lowest BCUT2D eigenvalue weighted by Gasteiger charge is -2.52. The Labute approximate surface area is 164 Å². The summed E-state index contributed by atoms with van der Waals surface area (Å²) in [6.07, 6.45) is 4.51. The first-order valence-corrected chi connectivity index (χ1v) is 10.1. The van der Waals surface area contributed by atoms with Crippen LogP contribution in [0.2, 0.25) is 0 Å². The number of benzene rings is 2. The van der Waals surface area contributed by atoms with Gasteiger partial charge in [-0.2, -0.15) is 0 Å². The van der Waals surface area contributed by atoms with Crippen LogP contribution in [-0.2, 0) is 0 Å². The Morgan fingerprint density at radius 3 is 2.71 bits per heavy atom. The second-order valence-corrected chi connectivity index (χ2v) is 8.13. The van der Waals surface area contributed by atoms with Gasteiger partial charge in [-0.1, -0.05) is 37.1 Å². The number of piperidine rings is 1. The number of likely N-dealkylation sites (tertiary alicyclic amines) is 1. The van der Waals surface area contributed by atoms with Crippen molar-refractivity contribution in [1.29, 1.82) is 0 Å². The molecule has 0 unspecified atom stereocenters. The summed E-state index contributed by atoms with van der Waals surface area (Å²) in [4.78, 5) is 15.3. The molecule has 3 atom stereocenters. The summed E-state index contributed by atoms with van der Waals surface area (Å²) in [6.45, 7) is 0.781. The highest BCUT2D eigenvalue weighted by Gasteiger charge is 2.50. The van der Waals surface area contributed by atoms with E-state index in [0.29, 0.717) is 18.5 Å². The van der Waals surface area contributed by atoms with E-state index in [-0.39, 0.29) is 24.7 Å². The van der Waals surface area contributed by atoms with Crippen molar-refractivity contribution in [3.8, 4) is 11.5 Å². The molecule has 1 N–H and O–H groups in total. The number of ether oxygens (including phenoxy) is 2. The fourth-order valence-corrected chi connectivity index (χ4v) is 5.17. The number of hydrogen-bond acceptors (Lipinski definition) is 4. The molecule has 0 aromatic heterocycles. The van der Waals surface area contributed by atoms with E-state index in [2.05, 4.69) is 0 Å². The summed E-state index contributed by atoms with van der Waals surface area (Å²) in [5.41, 5.74) is 1.00. The van der Waals surface area contributed by atoms with E-state index in [0.717, 1.165) is 42.7 Å². The lowest BCUT2D eigenvalue weighted by molar-refractivity contribution is -0.115. The van der Waals surface area contributed by atoms with E-state index < -0.39 is 5.60 Å². The number of rotatable bonds is 2. The molecule has 2 fully saturated rings. The molecular weight excluding hydrogens is 354 g/mol. The Balaban J connectivity index is 1.57. The van der Waals surface area contributed by atoms with Crippen LogP contribution in [0.15, 0.2) is 48.5 Å². The van der Waals surface area contributed by atoms with Gasteiger partial charge in [0.25, 0.3) is 5.91 Å². The number of fused-ring (bicyclic) bond motifs is 2. The van der Waals surface area contributed by atoms with Crippen molar-refractivity contribution < 1.29 is 19.4 Å². The van der Waals surface area contributed by atoms with Gasteiger partial charge < -0.3 is 19.5 Å². The molecule has 5 heteroatoms. The minimum absolute atomic E-state index is 0.0240. The van der Waals surface area contributed by atoms with Crippen molar-refractivity contribution in [3.63, 3.8) is 0 Å². The summed E-state index contributed by atoms with van der Waals surface area (Å²) in [7, 11) is 0. The van der Waals surface area contributed by atoms with Gasteiger partial charge in [-0.25, -0.2) is 0 Å². The molecule has 2 aromatic rings. The van der Waals surface area contributed by atoms with E-state index in [4.69, 9.17) is 9.47 Å². The molecule has 1 amide bonds. The van der Waals surface area contributed by atoms with Gasteiger partial charge in [0.05, 0.1) is 11.6 Å². The lowest BCUT2D eigenvalue weighted by atomic mass is 9.66. The third kappa shape index (κ3) is 2.85. The number of hydrogen-bond donors (Lipinski definition) is 1. The zero-order valence-electron chi connectivity index (χ0n) is 15.8. The predicted octanol–water partition coefficient (Wildman–Crippen LogP) is 3.92. The van der Waals surface area contributed by atoms with Crippen molar-refractivity contribution in [2.75, 3.05) is 13.3 Å². The Kier molecular flexibility index (Phi) is 4.27. The van der Waals surface area contributed by atoms with Gasteiger partial charge in [0, 0.05) is 18.0 Å². The van der Waals surface area contributed by atoms with Gasteiger partial charge >= 0.3 is 0 Å². The van der Waals surface area contributed by atoms with E-state index in [1.807, 2.05) is 53.4 Å². The molecule has 0 radical (unpaired) electrons. The number of aliphatic hydroxyl groups is 1. The third-order valence-corrected chi connectivity index (χ3v) is 6.59. The molecule has 1 saturated heterocycles. The van der Waals surface area contributed by atoms with Crippen LogP contribution in [0.5, 0.6) is 11.5 Å². The third-order valence-electron chi connectivity index (χ3n) is 6.59. The molecule has 3 aliphatic rings. The van der Waals surface area contributed by atoms with Gasteiger partial charge in [0.2, 0.25) is 6.79 Å². The highest BCUT2D eigenvalue weighted by Crippen LogP contribution is 2.50. The van der Waals surface area contributed by atoms with Crippen molar-refractivity contribution in [3.05, 3.63) is 59.7 Å². The molecule has 146 valence electrons. The van der Waals surface area contributed by atoms with E-state index in [1.165, 1.54) is 0 Å². The first kappa shape index (κ1) is 17.6. The zero-order chi connectivity index (χ0) is 19.1. The van der Waals surface area contributed by atoms with Crippen LogP contribution < -0.4 is 9.47 Å². The number of amides is 1. The van der Waals surface area contributed by atoms with E-state index in [1.54, 1.807) is 0 Å². The molecule has 2 aromatic carbocycles. The van der Waals surface area contributed by atoms with Crippen LogP contribution in [0.25, 0.3) is 0 Å². The smallest absolute Gasteiger partial charge is 0.254 e. The minimum Gasteiger partial charge on any atom is -0.454 e. The molecule has 2 aliphatic heterocycles. The van der Waals surface area contributed by atoms with Crippen LogP contribution in [0.3, 0.4) is 0 Å². The highest BCUT2D eigenvalue weighted by molar-refractivity contribution is 5.94. The molecular formula is C23H25NO4. The summed E-state index contributed by atoms with van der Waals surface area (Å²) in [5, 5.41) is 11.4. The van der Waals surface area contributed by atoms with Crippen molar-refractivity contribution >= 4 is 5.91 Å². The number of carbonyl (C=O) groups is 1. The molecule has 0 bridgehead atoms. The number of nitrogens with zero attached hydrogens (tertiary/aromatic N) is 1. The van der Waals surface area contributed by atoms with Crippen LogP contribution in [0.1, 0.15) is 54.1 Å². The van der Waals surface area contributed by atoms with Gasteiger partial charge in [-0.15, -0.1) is 0 Å². The molecule has 1 aliphatic carbocycles. The maximum atomic E-state index is 13.4. The summed E-state index contributed by atoms with van der Waals surface area (Å²) in [6, 6.07) is 15.2. The Bertz CT molecular complexity index is 883. The maximum Gasteiger partial charge on any atom is 0.254 e. The Morgan fingerprint density at radius 2 is 1.86 bits per heavy atom. The Hall–Kier alpha value is -2.53. The Morgan fingerprint density at radius 1 is 1.04 bits per heavy atom.